The van der Waals surface area contributed by atoms with Crippen molar-refractivity contribution < 1.29 is 19.6 Å². The molecule has 0 aliphatic carbocycles. The van der Waals surface area contributed by atoms with Gasteiger partial charge in [-0.1, -0.05) is 0 Å². The van der Waals surface area contributed by atoms with Crippen molar-refractivity contribution in [2.45, 2.75) is 6.42 Å². The van der Waals surface area contributed by atoms with Crippen LogP contribution in [-0.4, -0.2) is 20.1 Å². The molecule has 7 heavy (non-hydrogen) atoms. The summed E-state index contributed by atoms with van der Waals surface area (Å²) in [6.45, 7) is 2.12. The van der Waals surface area contributed by atoms with E-state index >= 15 is 0 Å². The van der Waals surface area contributed by atoms with Crippen LogP contribution in [0.3, 0.4) is 0 Å². The van der Waals surface area contributed by atoms with E-state index in [1.807, 2.05) is 7.05 Å². The summed E-state index contributed by atoms with van der Waals surface area (Å²) < 4.78 is 4.02. The van der Waals surface area contributed by atoms with Crippen molar-refractivity contribution in [3.63, 3.8) is 0 Å². The van der Waals surface area contributed by atoms with Crippen LogP contribution in [0.15, 0.2) is 3.50 Å². The SMILES string of the molecule is CNCCC[N]=[W]. The number of hydrogen-bond donors (Lipinski definition) is 1. The molecule has 3 heteroatoms. The van der Waals surface area contributed by atoms with Crippen LogP contribution < -0.4 is 5.32 Å². The Hall–Kier alpha value is 0.448. The summed E-state index contributed by atoms with van der Waals surface area (Å²) in [4.78, 5) is 0. The third kappa shape index (κ3) is 6.45. The van der Waals surface area contributed by atoms with Gasteiger partial charge >= 0.3 is 55.0 Å². The molecular formula is C4H10N2W. The van der Waals surface area contributed by atoms with Crippen molar-refractivity contribution in [2.75, 3.05) is 20.1 Å². The van der Waals surface area contributed by atoms with Gasteiger partial charge in [-0.05, 0) is 0 Å². The van der Waals surface area contributed by atoms with Crippen molar-refractivity contribution in [2.24, 2.45) is 3.50 Å². The molecule has 0 unspecified atom stereocenters. The minimum absolute atomic E-state index is 1.02. The first-order valence-electron chi connectivity index (χ1n) is 2.35. The Morgan fingerprint density at radius 1 is 1.71 bits per heavy atom. The Morgan fingerprint density at radius 3 is 2.86 bits per heavy atom. The number of rotatable bonds is 4. The van der Waals surface area contributed by atoms with Gasteiger partial charge in [-0.25, -0.2) is 0 Å². The molecule has 0 radical (unpaired) electrons. The molecule has 0 heterocycles. The van der Waals surface area contributed by atoms with Gasteiger partial charge in [-0.2, -0.15) is 0 Å². The van der Waals surface area contributed by atoms with E-state index in [0.29, 0.717) is 0 Å². The summed E-state index contributed by atoms with van der Waals surface area (Å²) in [5, 5.41) is 3.05. The minimum atomic E-state index is 1.02. The van der Waals surface area contributed by atoms with Crippen LogP contribution in [0, 0.1) is 0 Å². The predicted octanol–water partition coefficient (Wildman–Crippen LogP) is 0.326. The molecular weight excluding hydrogens is 260 g/mol. The van der Waals surface area contributed by atoms with Crippen LogP contribution in [0.1, 0.15) is 6.42 Å². The molecule has 0 aliphatic rings. The third-order valence-corrected chi connectivity index (χ3v) is 1.33. The van der Waals surface area contributed by atoms with Crippen LogP contribution in [-0.2, 0) is 19.6 Å². The molecule has 0 rings (SSSR count). The van der Waals surface area contributed by atoms with Crippen LogP contribution >= 0.6 is 0 Å². The van der Waals surface area contributed by atoms with E-state index in [0.717, 1.165) is 13.1 Å². The average molecular weight is 270 g/mol. The maximum atomic E-state index is 4.02. The van der Waals surface area contributed by atoms with Gasteiger partial charge in [0.05, 0.1) is 0 Å². The zero-order valence-corrected chi connectivity index (χ0v) is 7.41. The summed E-state index contributed by atoms with van der Waals surface area (Å²) in [5.41, 5.74) is 0. The topological polar surface area (TPSA) is 24.4 Å². The fourth-order valence-electron chi connectivity index (χ4n) is 0.320. The summed E-state index contributed by atoms with van der Waals surface area (Å²) in [6, 6.07) is 0. The monoisotopic (exact) mass is 270 g/mol. The van der Waals surface area contributed by atoms with Crippen molar-refractivity contribution >= 4 is 0 Å². The summed E-state index contributed by atoms with van der Waals surface area (Å²) in [5.74, 6) is 0. The second kappa shape index (κ2) is 6.45. The molecule has 0 aromatic rings. The zero-order valence-electron chi connectivity index (χ0n) is 4.48. The van der Waals surface area contributed by atoms with E-state index in [1.165, 1.54) is 26.1 Å². The Bertz CT molecular complexity index is 47.0. The molecule has 0 aromatic heterocycles. The van der Waals surface area contributed by atoms with Gasteiger partial charge in [0.15, 0.2) is 0 Å². The van der Waals surface area contributed by atoms with Crippen molar-refractivity contribution in [1.82, 2.24) is 5.32 Å². The van der Waals surface area contributed by atoms with Crippen LogP contribution in [0.25, 0.3) is 0 Å². The van der Waals surface area contributed by atoms with E-state index in [-0.39, 0.29) is 0 Å². The fraction of sp³-hybridized carbons (Fsp3) is 1.00. The number of nitrogens with zero attached hydrogens (tertiary/aromatic N) is 1. The molecule has 0 saturated carbocycles. The van der Waals surface area contributed by atoms with Gasteiger partial charge in [0.2, 0.25) is 0 Å². The molecule has 0 fully saturated rings. The Morgan fingerprint density at radius 2 is 2.43 bits per heavy atom. The van der Waals surface area contributed by atoms with E-state index in [2.05, 4.69) is 8.81 Å². The Labute approximate surface area is 55.4 Å². The number of nitrogens with one attached hydrogen (secondary N) is 1. The standard InChI is InChI=1S/C4H10N2.W/c1-6-4-2-3-5;/h6H,2-4H2,1H3;. The van der Waals surface area contributed by atoms with Crippen molar-refractivity contribution in [3.05, 3.63) is 0 Å². The normalized spacial score (nSPS) is 8.71. The van der Waals surface area contributed by atoms with E-state index in [1.54, 1.807) is 0 Å². The van der Waals surface area contributed by atoms with Gasteiger partial charge in [-0.15, -0.1) is 0 Å². The summed E-state index contributed by atoms with van der Waals surface area (Å²) in [6.07, 6.45) is 1.18. The molecule has 42 valence electrons. The van der Waals surface area contributed by atoms with Crippen molar-refractivity contribution in [1.29, 1.82) is 0 Å². The van der Waals surface area contributed by atoms with Gasteiger partial charge in [0.1, 0.15) is 0 Å². The maximum absolute atomic E-state index is 4.02. The predicted molar refractivity (Wildman–Crippen MR) is 25.8 cm³/mol. The Balaban J connectivity index is 2.56. The zero-order chi connectivity index (χ0) is 5.54. The van der Waals surface area contributed by atoms with Crippen LogP contribution in [0.4, 0.5) is 0 Å². The first-order chi connectivity index (χ1) is 3.41. The molecule has 0 aliphatic heterocycles. The van der Waals surface area contributed by atoms with E-state index < -0.39 is 0 Å². The summed E-state index contributed by atoms with van der Waals surface area (Å²) >= 11 is 1.34. The van der Waals surface area contributed by atoms with E-state index in [9.17, 15) is 0 Å². The second-order valence-corrected chi connectivity index (χ2v) is 2.24. The number of hydrogen-bond acceptors (Lipinski definition) is 2. The van der Waals surface area contributed by atoms with Gasteiger partial charge < -0.3 is 0 Å². The van der Waals surface area contributed by atoms with Gasteiger partial charge in [0, 0.05) is 0 Å². The molecule has 0 aromatic carbocycles. The van der Waals surface area contributed by atoms with Crippen LogP contribution in [0.5, 0.6) is 0 Å². The van der Waals surface area contributed by atoms with Gasteiger partial charge in [-0.3, -0.25) is 0 Å². The molecule has 0 saturated heterocycles. The first kappa shape index (κ1) is 7.45. The first-order valence-corrected chi connectivity index (χ1v) is 3.66. The molecule has 2 nitrogen and oxygen atoms in total. The second-order valence-electron chi connectivity index (χ2n) is 1.31. The fourth-order valence-corrected chi connectivity index (χ4v) is 0.784. The van der Waals surface area contributed by atoms with Gasteiger partial charge in [0.25, 0.3) is 0 Å². The molecule has 0 spiro atoms. The Kier molecular flexibility index (Phi) is 6.86. The molecule has 0 amide bonds. The van der Waals surface area contributed by atoms with Crippen molar-refractivity contribution in [3.8, 4) is 0 Å². The average Bonchev–Trinajstić information content (AvgIpc) is 1.69. The molecule has 1 N–H and O–H groups in total. The quantitative estimate of drug-likeness (QED) is 0.731. The van der Waals surface area contributed by atoms with E-state index in [4.69, 9.17) is 0 Å². The molecule has 0 atom stereocenters. The third-order valence-electron chi connectivity index (χ3n) is 0.676. The van der Waals surface area contributed by atoms with Crippen LogP contribution in [0.2, 0.25) is 0 Å². The summed E-state index contributed by atoms with van der Waals surface area (Å²) in [7, 11) is 1.96. The molecule has 0 bridgehead atoms.